The fourth-order valence-electron chi connectivity index (χ4n) is 12.7. The zero-order valence-electron chi connectivity index (χ0n) is 38.0. The molecular formula is C50H73NO11S2. The Kier molecular flexibility index (Phi) is 17.3. The highest BCUT2D eigenvalue weighted by Crippen LogP contribution is 2.69. The van der Waals surface area contributed by atoms with Crippen molar-refractivity contribution < 1.29 is 54.7 Å². The third-order valence-corrected chi connectivity index (χ3v) is 18.6. The Bertz CT molecular complexity index is 1890. The molecule has 2 spiro atoms. The molecule has 0 amide bonds. The number of aliphatic hydroxyl groups is 5. The minimum Gasteiger partial charge on any atom is -0.504 e. The lowest BCUT2D eigenvalue weighted by atomic mass is 9.38. The second-order valence-corrected chi connectivity index (χ2v) is 22.0. The van der Waals surface area contributed by atoms with Crippen LogP contribution in [-0.4, -0.2) is 113 Å². The van der Waals surface area contributed by atoms with Crippen LogP contribution in [0.15, 0.2) is 24.3 Å². The first-order valence-corrected chi connectivity index (χ1v) is 26.1. The normalized spacial score (nSPS) is 34.8. The number of ether oxygens (including phenoxy) is 4. The number of hydrogen-bond donors (Lipinski definition) is 8. The van der Waals surface area contributed by atoms with Gasteiger partial charge in [0.1, 0.15) is 6.79 Å². The number of hydrogen-bond acceptors (Lipinski definition) is 14. The fourth-order valence-corrected chi connectivity index (χ4v) is 15.6. The third-order valence-electron chi connectivity index (χ3n) is 15.8. The summed E-state index contributed by atoms with van der Waals surface area (Å²) in [6.07, 6.45) is 9.00. The number of nitrogens with one attached hydrogen (secondary N) is 1. The number of methoxy groups -OCH3 is 2. The Morgan fingerprint density at radius 1 is 0.859 bits per heavy atom. The molecule has 12 atom stereocenters. The van der Waals surface area contributed by atoms with Gasteiger partial charge in [-0.05, 0) is 160 Å². The number of aliphatic hydroxyl groups excluding tert-OH is 5. The molecule has 0 saturated heterocycles. The first-order chi connectivity index (χ1) is 31.0. The first-order valence-electron chi connectivity index (χ1n) is 23.7. The summed E-state index contributed by atoms with van der Waals surface area (Å²) in [5.41, 5.74) is 2.29. The molecule has 12 nitrogen and oxygen atoms in total. The summed E-state index contributed by atoms with van der Waals surface area (Å²) < 4.78 is 23.7. The minimum atomic E-state index is -1.02. The van der Waals surface area contributed by atoms with E-state index in [0.717, 1.165) is 82.0 Å². The van der Waals surface area contributed by atoms with E-state index in [1.165, 1.54) is 42.2 Å². The number of aryl methyl sites for hydroxylation is 1. The second kappa shape index (κ2) is 22.5. The molecular weight excluding hydrogens is 855 g/mol. The van der Waals surface area contributed by atoms with E-state index < -0.39 is 31.0 Å². The molecule has 64 heavy (non-hydrogen) atoms. The van der Waals surface area contributed by atoms with Crippen LogP contribution in [0.4, 0.5) is 0 Å². The van der Waals surface area contributed by atoms with E-state index in [-0.39, 0.29) is 77.0 Å². The highest BCUT2D eigenvalue weighted by Gasteiger charge is 2.64. The average molecular weight is 928 g/mol. The van der Waals surface area contributed by atoms with Crippen molar-refractivity contribution in [3.8, 4) is 40.6 Å². The molecule has 0 aromatic heterocycles. The standard InChI is InChI=1S/C50H73NO11S2/c1-31-6-11-40-33(13-18-52)12-16-49-27-37(10-8-35(49)28-51-17-5-4-15-50(40,49)26-31)62-44-23-34-7-9-36(61-30-54)24-41(55)39(20-32-21-45(59-2)48(58)46(22-32)60-3)43(57)29-63-64-47(14-19-53)38(34)25-42(44)56/h21-23,25,31,33,35-37,39-41,43,47,51-58H,5-14,16-20,24,26-30H2,1-3H3/t31-,33-,35-,36+,37+,39+,40+,41-,43+,47+,49+,50+/m1/s1. The molecule has 2 heterocycles. The number of benzene rings is 2. The zero-order valence-corrected chi connectivity index (χ0v) is 39.6. The molecule has 7 rings (SSSR count). The summed E-state index contributed by atoms with van der Waals surface area (Å²) in [5, 5.41) is 80.0. The molecule has 3 aliphatic carbocycles. The van der Waals surface area contributed by atoms with Gasteiger partial charge < -0.3 is 60.0 Å². The quantitative estimate of drug-likeness (QED) is 0.0622. The highest BCUT2D eigenvalue weighted by atomic mass is 33.1. The molecule has 2 aromatic carbocycles. The van der Waals surface area contributed by atoms with E-state index in [9.17, 15) is 35.7 Å². The molecule has 356 valence electrons. The van der Waals surface area contributed by atoms with Crippen molar-refractivity contribution in [3.63, 3.8) is 0 Å². The Balaban J connectivity index is 1.18. The van der Waals surface area contributed by atoms with Crippen LogP contribution < -0.4 is 19.5 Å². The van der Waals surface area contributed by atoms with Crippen LogP contribution in [0.3, 0.4) is 0 Å². The van der Waals surface area contributed by atoms with Crippen molar-refractivity contribution in [2.45, 2.75) is 133 Å². The van der Waals surface area contributed by atoms with Gasteiger partial charge in [0.2, 0.25) is 5.75 Å². The predicted molar refractivity (Wildman–Crippen MR) is 251 cm³/mol. The fraction of sp³-hybridized carbons (Fsp3) is 0.720. The minimum absolute atomic E-state index is 0.0520. The largest absolute Gasteiger partial charge is 0.504 e. The van der Waals surface area contributed by atoms with Gasteiger partial charge in [0.15, 0.2) is 23.0 Å². The lowest BCUT2D eigenvalue weighted by Gasteiger charge is -2.65. The van der Waals surface area contributed by atoms with Crippen molar-refractivity contribution >= 4 is 21.6 Å². The SMILES string of the molecule is COc1cc(C[C@H]2[C@H](O)C[C@@H](OCO)CCc3cc(O[C@H]4CC[C@@H]5CNCCC#C[C@]67C[C@H](C)CC[C@H]6[C@@H](CCO)CC[C@]57C4)c(O)cc3[C@H](CCO)SSC[C@@H]2O)cc(OC)c1O. The summed E-state index contributed by atoms with van der Waals surface area (Å²) in [5.74, 6) is 10.0. The van der Waals surface area contributed by atoms with Crippen LogP contribution in [0.5, 0.6) is 28.7 Å². The smallest absolute Gasteiger partial charge is 0.200 e. The molecule has 3 fully saturated rings. The van der Waals surface area contributed by atoms with E-state index in [1.54, 1.807) is 18.2 Å². The number of rotatable bonds is 12. The second-order valence-electron chi connectivity index (χ2n) is 19.4. The molecule has 2 aliphatic heterocycles. The Hall–Kier alpha value is -2.58. The summed E-state index contributed by atoms with van der Waals surface area (Å²) in [6.45, 7) is 3.83. The maximum Gasteiger partial charge on any atom is 0.200 e. The van der Waals surface area contributed by atoms with Gasteiger partial charge in [-0.25, -0.2) is 0 Å². The number of phenols is 2. The van der Waals surface area contributed by atoms with Crippen molar-refractivity contribution in [2.75, 3.05) is 53.1 Å². The zero-order chi connectivity index (χ0) is 45.4. The molecule has 0 radical (unpaired) electrons. The van der Waals surface area contributed by atoms with Crippen molar-refractivity contribution in [1.82, 2.24) is 5.32 Å². The van der Waals surface area contributed by atoms with Crippen LogP contribution in [0.2, 0.25) is 0 Å². The molecule has 0 bridgehead atoms. The van der Waals surface area contributed by atoms with Crippen LogP contribution in [0.25, 0.3) is 0 Å². The van der Waals surface area contributed by atoms with Crippen LogP contribution in [0, 0.1) is 52.3 Å². The Morgan fingerprint density at radius 3 is 2.38 bits per heavy atom. The van der Waals surface area contributed by atoms with Crippen molar-refractivity contribution in [1.29, 1.82) is 0 Å². The summed E-state index contributed by atoms with van der Waals surface area (Å²) in [4.78, 5) is 0. The van der Waals surface area contributed by atoms with Crippen LogP contribution >= 0.6 is 21.6 Å². The molecule has 2 aromatic rings. The molecule has 3 saturated carbocycles. The first kappa shape index (κ1) is 49.3. The van der Waals surface area contributed by atoms with Crippen molar-refractivity contribution in [3.05, 3.63) is 41.0 Å². The van der Waals surface area contributed by atoms with Gasteiger partial charge >= 0.3 is 0 Å². The van der Waals surface area contributed by atoms with Gasteiger partial charge in [0.05, 0.1) is 38.6 Å². The lowest BCUT2D eigenvalue weighted by molar-refractivity contribution is -0.157. The van der Waals surface area contributed by atoms with Gasteiger partial charge in [-0.1, -0.05) is 40.9 Å². The molecule has 8 N–H and O–H groups in total. The van der Waals surface area contributed by atoms with E-state index in [4.69, 9.17) is 18.9 Å². The number of phenolic OH excluding ortho intramolecular Hbond substituents is 2. The molecule has 14 heteroatoms. The van der Waals surface area contributed by atoms with Crippen molar-refractivity contribution in [2.24, 2.45) is 40.4 Å². The van der Waals surface area contributed by atoms with Crippen LogP contribution in [-0.2, 0) is 17.6 Å². The lowest BCUT2D eigenvalue weighted by Crippen LogP contribution is -2.62. The topological polar surface area (TPSA) is 191 Å². The monoisotopic (exact) mass is 927 g/mol. The summed E-state index contributed by atoms with van der Waals surface area (Å²) in [6, 6.07) is 7.10. The molecule has 0 unspecified atom stereocenters. The average Bonchev–Trinajstić information content (AvgIpc) is 3.35. The van der Waals surface area contributed by atoms with E-state index in [2.05, 4.69) is 24.1 Å². The summed E-state index contributed by atoms with van der Waals surface area (Å²) in [7, 11) is 5.88. The van der Waals surface area contributed by atoms with Gasteiger partial charge in [0.25, 0.3) is 0 Å². The predicted octanol–water partition coefficient (Wildman–Crippen LogP) is 6.92. The molecule has 5 aliphatic rings. The maximum atomic E-state index is 11.9. The highest BCUT2D eigenvalue weighted by molar-refractivity contribution is 8.76. The van der Waals surface area contributed by atoms with E-state index in [0.29, 0.717) is 54.2 Å². The maximum absolute atomic E-state index is 11.9. The van der Waals surface area contributed by atoms with E-state index in [1.807, 2.05) is 6.07 Å². The summed E-state index contributed by atoms with van der Waals surface area (Å²) >= 11 is 0. The Labute approximate surface area is 388 Å². The number of aromatic hydroxyl groups is 2. The van der Waals surface area contributed by atoms with Gasteiger partial charge in [-0.3, -0.25) is 0 Å². The van der Waals surface area contributed by atoms with Gasteiger partial charge in [-0.2, -0.15) is 0 Å². The Morgan fingerprint density at radius 2 is 1.64 bits per heavy atom. The van der Waals surface area contributed by atoms with Gasteiger partial charge in [-0.15, -0.1) is 5.92 Å². The number of fused-ring (bicyclic) bond motifs is 1. The van der Waals surface area contributed by atoms with E-state index >= 15 is 0 Å². The third kappa shape index (κ3) is 10.6. The van der Waals surface area contributed by atoms with Gasteiger partial charge in [0, 0.05) is 48.5 Å². The van der Waals surface area contributed by atoms with Crippen LogP contribution in [0.1, 0.15) is 112 Å².